The Hall–Kier alpha value is -1.21. The number of aliphatic hydroxyl groups is 1. The van der Waals surface area contributed by atoms with Crippen molar-refractivity contribution in [2.24, 2.45) is 7.05 Å². The maximum atomic E-state index is 12.2. The smallest absolute Gasteiger partial charge is 0.271 e. The summed E-state index contributed by atoms with van der Waals surface area (Å²) in [6, 6.07) is -0.146. The van der Waals surface area contributed by atoms with Crippen LogP contribution in [0.5, 0.6) is 0 Å². The van der Waals surface area contributed by atoms with Crippen molar-refractivity contribution >= 4 is 23.4 Å². The molecule has 7 heteroatoms. The van der Waals surface area contributed by atoms with Gasteiger partial charge >= 0.3 is 0 Å². The molecule has 0 fully saturated rings. The third kappa shape index (κ3) is 3.42. The number of carbonyl (C=O) groups is 1. The Balaban J connectivity index is 2.87. The second-order valence-electron chi connectivity index (χ2n) is 4.41. The first kappa shape index (κ1) is 15.8. The molecule has 6 nitrogen and oxygen atoms in total. The molecule has 2 unspecified atom stereocenters. The molecule has 4 N–H and O–H groups in total. The number of aryl methyl sites for hydroxylation is 2. The molecule has 0 aromatic carbocycles. The van der Waals surface area contributed by atoms with Gasteiger partial charge in [-0.15, -0.1) is 0 Å². The molecule has 0 aliphatic carbocycles. The maximum absolute atomic E-state index is 12.2. The fourth-order valence-corrected chi connectivity index (χ4v) is 2.56. The molecule has 108 valence electrons. The molecule has 0 aliphatic heterocycles. The first-order valence-electron chi connectivity index (χ1n) is 6.22. The Labute approximate surface area is 117 Å². The highest BCUT2D eigenvalue weighted by Crippen LogP contribution is 2.18. The molecule has 1 aromatic rings. The highest BCUT2D eigenvalue weighted by atomic mass is 32.2. The molecule has 0 spiro atoms. The summed E-state index contributed by atoms with van der Waals surface area (Å²) in [6.45, 7) is 3.82. The van der Waals surface area contributed by atoms with Gasteiger partial charge in [0.05, 0.1) is 18.0 Å². The molecular formula is C12H22N4O2S. The van der Waals surface area contributed by atoms with Crippen molar-refractivity contribution < 1.29 is 9.90 Å². The molecule has 2 atom stereocenters. The molecule has 1 aromatic heterocycles. The highest BCUT2D eigenvalue weighted by Gasteiger charge is 2.23. The van der Waals surface area contributed by atoms with Crippen molar-refractivity contribution in [1.29, 1.82) is 0 Å². The monoisotopic (exact) mass is 286 g/mol. The van der Waals surface area contributed by atoms with Crippen LogP contribution in [-0.4, -0.2) is 44.9 Å². The van der Waals surface area contributed by atoms with Gasteiger partial charge in [0.1, 0.15) is 5.69 Å². The van der Waals surface area contributed by atoms with Crippen molar-refractivity contribution in [3.8, 4) is 0 Å². The molecule has 0 bridgehead atoms. The topological polar surface area (TPSA) is 93.2 Å². The number of hydrogen-bond donors (Lipinski definition) is 3. The average Bonchev–Trinajstić information content (AvgIpc) is 2.65. The van der Waals surface area contributed by atoms with E-state index in [4.69, 9.17) is 5.73 Å². The number of aliphatic hydroxyl groups excluding tert-OH is 1. The molecule has 1 heterocycles. The van der Waals surface area contributed by atoms with Crippen LogP contribution >= 0.6 is 11.8 Å². The van der Waals surface area contributed by atoms with E-state index < -0.39 is 0 Å². The summed E-state index contributed by atoms with van der Waals surface area (Å²) in [5.41, 5.74) is 7.47. The van der Waals surface area contributed by atoms with Gasteiger partial charge in [0.2, 0.25) is 0 Å². The van der Waals surface area contributed by atoms with Gasteiger partial charge in [0.15, 0.2) is 0 Å². The number of nitrogens with two attached hydrogens (primary N) is 1. The van der Waals surface area contributed by atoms with Crippen LogP contribution < -0.4 is 11.1 Å². The third-order valence-electron chi connectivity index (χ3n) is 3.11. The van der Waals surface area contributed by atoms with Crippen molar-refractivity contribution in [3.63, 3.8) is 0 Å². The zero-order chi connectivity index (χ0) is 14.6. The van der Waals surface area contributed by atoms with Gasteiger partial charge in [-0.25, -0.2) is 0 Å². The van der Waals surface area contributed by atoms with Gasteiger partial charge in [-0.1, -0.05) is 6.92 Å². The molecule has 0 radical (unpaired) electrons. The van der Waals surface area contributed by atoms with E-state index in [9.17, 15) is 9.90 Å². The summed E-state index contributed by atoms with van der Waals surface area (Å²) in [7, 11) is 1.70. The Morgan fingerprint density at radius 3 is 2.68 bits per heavy atom. The Morgan fingerprint density at radius 1 is 1.63 bits per heavy atom. The van der Waals surface area contributed by atoms with Crippen LogP contribution in [0.4, 0.5) is 5.69 Å². The van der Waals surface area contributed by atoms with Gasteiger partial charge in [0, 0.05) is 18.3 Å². The zero-order valence-corrected chi connectivity index (χ0v) is 12.6. The van der Waals surface area contributed by atoms with Crippen molar-refractivity contribution in [2.75, 3.05) is 18.6 Å². The summed E-state index contributed by atoms with van der Waals surface area (Å²) >= 11 is 1.51. The summed E-state index contributed by atoms with van der Waals surface area (Å²) in [6.07, 6.45) is 2.59. The predicted octanol–water partition coefficient (Wildman–Crippen LogP) is 0.407. The second kappa shape index (κ2) is 6.81. The SMILES string of the molecule is CCc1nn(C)c(C(=O)NC(C)C(CO)SC)c1N. The number of hydrogen-bond acceptors (Lipinski definition) is 5. The number of thioether (sulfide) groups is 1. The summed E-state index contributed by atoms with van der Waals surface area (Å²) < 4.78 is 1.50. The molecule has 1 amide bonds. The minimum atomic E-state index is -0.257. The fraction of sp³-hybridized carbons (Fsp3) is 0.667. The van der Waals surface area contributed by atoms with E-state index in [1.54, 1.807) is 7.05 Å². The Morgan fingerprint density at radius 2 is 2.26 bits per heavy atom. The van der Waals surface area contributed by atoms with Crippen molar-refractivity contribution in [3.05, 3.63) is 11.4 Å². The number of aromatic nitrogens is 2. The number of nitrogens with zero attached hydrogens (tertiary/aromatic N) is 2. The fourth-order valence-electron chi connectivity index (χ4n) is 1.93. The number of carbonyl (C=O) groups excluding carboxylic acids is 1. The first-order valence-corrected chi connectivity index (χ1v) is 7.50. The van der Waals surface area contributed by atoms with Crippen LogP contribution in [0.15, 0.2) is 0 Å². The van der Waals surface area contributed by atoms with Crippen LogP contribution in [0.25, 0.3) is 0 Å². The molecule has 0 saturated carbocycles. The quantitative estimate of drug-likeness (QED) is 0.704. The molecule has 0 saturated heterocycles. The Kier molecular flexibility index (Phi) is 5.68. The van der Waals surface area contributed by atoms with Gasteiger partial charge in [0.25, 0.3) is 5.91 Å². The van der Waals surface area contributed by atoms with Gasteiger partial charge in [-0.3, -0.25) is 9.48 Å². The number of nitrogen functional groups attached to an aromatic ring is 1. The molecule has 19 heavy (non-hydrogen) atoms. The predicted molar refractivity (Wildman–Crippen MR) is 78.3 cm³/mol. The van der Waals surface area contributed by atoms with E-state index in [0.29, 0.717) is 17.8 Å². The van der Waals surface area contributed by atoms with Crippen molar-refractivity contribution in [1.82, 2.24) is 15.1 Å². The maximum Gasteiger partial charge on any atom is 0.271 e. The minimum Gasteiger partial charge on any atom is -0.395 e. The van der Waals surface area contributed by atoms with E-state index in [0.717, 1.165) is 5.69 Å². The normalized spacial score (nSPS) is 14.2. The third-order valence-corrected chi connectivity index (χ3v) is 4.27. The number of amides is 1. The summed E-state index contributed by atoms with van der Waals surface area (Å²) in [5.74, 6) is -0.257. The average molecular weight is 286 g/mol. The van der Waals surface area contributed by atoms with Gasteiger partial charge in [-0.2, -0.15) is 16.9 Å². The zero-order valence-electron chi connectivity index (χ0n) is 11.8. The van der Waals surface area contributed by atoms with E-state index in [-0.39, 0.29) is 23.8 Å². The van der Waals surface area contributed by atoms with Crippen molar-refractivity contribution in [2.45, 2.75) is 31.6 Å². The lowest BCUT2D eigenvalue weighted by Gasteiger charge is -2.21. The largest absolute Gasteiger partial charge is 0.395 e. The minimum absolute atomic E-state index is 0.0176. The van der Waals surface area contributed by atoms with Crippen LogP contribution in [-0.2, 0) is 13.5 Å². The molecular weight excluding hydrogens is 264 g/mol. The summed E-state index contributed by atoms with van der Waals surface area (Å²) in [5, 5.41) is 16.3. The lowest BCUT2D eigenvalue weighted by molar-refractivity contribution is 0.0927. The standard InChI is InChI=1S/C12H22N4O2S/c1-5-8-10(13)11(16(3)15-8)12(18)14-7(2)9(6-17)19-4/h7,9,17H,5-6,13H2,1-4H3,(H,14,18). The summed E-state index contributed by atoms with van der Waals surface area (Å²) in [4.78, 5) is 12.2. The van der Waals surface area contributed by atoms with E-state index >= 15 is 0 Å². The van der Waals surface area contributed by atoms with E-state index in [2.05, 4.69) is 10.4 Å². The first-order chi connectivity index (χ1) is 8.96. The second-order valence-corrected chi connectivity index (χ2v) is 5.48. The van der Waals surface area contributed by atoms with Crippen LogP contribution in [0.2, 0.25) is 0 Å². The lowest BCUT2D eigenvalue weighted by atomic mass is 10.2. The molecule has 1 rings (SSSR count). The lowest BCUT2D eigenvalue weighted by Crippen LogP contribution is -2.42. The highest BCUT2D eigenvalue weighted by molar-refractivity contribution is 7.99. The van der Waals surface area contributed by atoms with Gasteiger partial charge in [-0.05, 0) is 19.6 Å². The Bertz CT molecular complexity index is 443. The van der Waals surface area contributed by atoms with E-state index in [1.807, 2.05) is 20.1 Å². The van der Waals surface area contributed by atoms with Crippen LogP contribution in [0, 0.1) is 0 Å². The molecule has 0 aliphatic rings. The van der Waals surface area contributed by atoms with E-state index in [1.165, 1.54) is 16.4 Å². The number of anilines is 1. The number of rotatable bonds is 6. The van der Waals surface area contributed by atoms with Gasteiger partial charge < -0.3 is 16.2 Å². The number of nitrogens with one attached hydrogen (secondary N) is 1. The van der Waals surface area contributed by atoms with Crippen LogP contribution in [0.3, 0.4) is 0 Å². The van der Waals surface area contributed by atoms with Crippen LogP contribution in [0.1, 0.15) is 30.0 Å².